The van der Waals surface area contributed by atoms with E-state index in [9.17, 15) is 9.59 Å². The largest absolute Gasteiger partial charge is 0.491 e. The second kappa shape index (κ2) is 14.2. The van der Waals surface area contributed by atoms with Crippen molar-refractivity contribution in [3.8, 4) is 34.5 Å². The number of aromatic nitrogens is 6. The number of nitrogens with zero attached hydrogens (tertiary/aromatic N) is 6. The number of ether oxygens (including phenoxy) is 1. The molecule has 3 heterocycles. The standard InChI is InChI=1S/C22H18N4O.C14H16N4O2/c1-3-20-24-19-11-7-8-17(13-12-16-14-23-25(2)15-16)21(19)22(27)26(20)18-9-5-4-6-10-18;1-8(2)20-10-5-3-9(4-6-10)11-7-17-13(15)12(18-11)14(16)19/h4-11,14-15H,3H2,1-2H3;3-8H,1-2H3,(H2,15,17)(H2,16,19). The summed E-state index contributed by atoms with van der Waals surface area (Å²) in [6, 6.07) is 22.5. The van der Waals surface area contributed by atoms with E-state index >= 15 is 0 Å². The first kappa shape index (κ1) is 32.1. The van der Waals surface area contributed by atoms with Crippen LogP contribution in [0.25, 0.3) is 27.8 Å². The number of aryl methyl sites for hydroxylation is 2. The molecule has 1 amide bonds. The molecule has 0 radical (unpaired) electrons. The van der Waals surface area contributed by atoms with E-state index in [-0.39, 0.29) is 23.2 Å². The van der Waals surface area contributed by atoms with E-state index in [0.717, 1.165) is 28.4 Å². The fraction of sp³-hybridized carbons (Fsp3) is 0.167. The van der Waals surface area contributed by atoms with Gasteiger partial charge in [0.1, 0.15) is 11.6 Å². The van der Waals surface area contributed by atoms with E-state index in [1.807, 2.05) is 107 Å². The number of hydrogen-bond donors (Lipinski definition) is 2. The molecule has 47 heavy (non-hydrogen) atoms. The highest BCUT2D eigenvalue weighted by Gasteiger charge is 2.14. The van der Waals surface area contributed by atoms with Crippen molar-refractivity contribution in [2.45, 2.75) is 33.3 Å². The van der Waals surface area contributed by atoms with Crippen LogP contribution in [0.15, 0.2) is 96.2 Å². The Morgan fingerprint density at radius 3 is 2.34 bits per heavy atom. The van der Waals surface area contributed by atoms with E-state index in [2.05, 4.69) is 26.9 Å². The van der Waals surface area contributed by atoms with Crippen LogP contribution in [-0.2, 0) is 13.5 Å². The highest BCUT2D eigenvalue weighted by atomic mass is 16.5. The number of carbonyl (C=O) groups is 1. The van der Waals surface area contributed by atoms with E-state index < -0.39 is 5.91 Å². The molecule has 0 spiro atoms. The van der Waals surface area contributed by atoms with Crippen LogP contribution in [0, 0.1) is 11.8 Å². The minimum atomic E-state index is -0.698. The number of nitrogen functional groups attached to an aromatic ring is 1. The van der Waals surface area contributed by atoms with Crippen molar-refractivity contribution in [3.05, 3.63) is 124 Å². The van der Waals surface area contributed by atoms with Crippen LogP contribution in [0.4, 0.5) is 5.82 Å². The maximum Gasteiger partial charge on any atom is 0.271 e. The summed E-state index contributed by atoms with van der Waals surface area (Å²) in [6.45, 7) is 5.91. The lowest BCUT2D eigenvalue weighted by Crippen LogP contribution is -2.24. The van der Waals surface area contributed by atoms with Gasteiger partial charge in [0.15, 0.2) is 11.5 Å². The predicted octanol–water partition coefficient (Wildman–Crippen LogP) is 4.69. The molecule has 0 aliphatic rings. The van der Waals surface area contributed by atoms with Gasteiger partial charge in [-0.15, -0.1) is 0 Å². The van der Waals surface area contributed by atoms with Crippen LogP contribution in [0.1, 0.15) is 48.2 Å². The molecular formula is C36H34N8O3. The molecule has 0 saturated heterocycles. The Morgan fingerprint density at radius 1 is 0.957 bits per heavy atom. The lowest BCUT2D eigenvalue weighted by atomic mass is 10.1. The molecule has 0 aliphatic heterocycles. The fourth-order valence-corrected chi connectivity index (χ4v) is 4.78. The summed E-state index contributed by atoms with van der Waals surface area (Å²) in [4.78, 5) is 37.4. The summed E-state index contributed by atoms with van der Waals surface area (Å²) in [5, 5.41) is 4.66. The van der Waals surface area contributed by atoms with E-state index in [1.165, 1.54) is 6.20 Å². The summed E-state index contributed by atoms with van der Waals surface area (Å²) in [7, 11) is 1.85. The van der Waals surface area contributed by atoms with Gasteiger partial charge in [0.25, 0.3) is 11.5 Å². The number of fused-ring (bicyclic) bond motifs is 1. The van der Waals surface area contributed by atoms with E-state index in [0.29, 0.717) is 28.6 Å². The normalized spacial score (nSPS) is 10.6. The number of rotatable bonds is 6. The number of carbonyl (C=O) groups excluding carboxylic acids is 1. The van der Waals surface area contributed by atoms with Gasteiger partial charge in [-0.1, -0.05) is 43.0 Å². The second-order valence-electron chi connectivity index (χ2n) is 10.8. The molecule has 3 aromatic heterocycles. The first-order chi connectivity index (χ1) is 22.6. The quantitative estimate of drug-likeness (QED) is 0.252. The molecule has 11 nitrogen and oxygen atoms in total. The summed E-state index contributed by atoms with van der Waals surface area (Å²) >= 11 is 0. The van der Waals surface area contributed by atoms with Crippen molar-refractivity contribution in [1.82, 2.24) is 29.3 Å². The molecule has 0 bridgehead atoms. The van der Waals surface area contributed by atoms with Crippen molar-refractivity contribution in [1.29, 1.82) is 0 Å². The predicted molar refractivity (Wildman–Crippen MR) is 182 cm³/mol. The van der Waals surface area contributed by atoms with Gasteiger partial charge in [-0.05, 0) is 62.4 Å². The molecule has 0 atom stereocenters. The number of para-hydroxylation sites is 1. The smallest absolute Gasteiger partial charge is 0.271 e. The maximum absolute atomic E-state index is 13.4. The topological polar surface area (TPSA) is 157 Å². The molecule has 6 rings (SSSR count). The summed E-state index contributed by atoms with van der Waals surface area (Å²) in [6.07, 6.45) is 5.81. The van der Waals surface area contributed by atoms with Crippen molar-refractivity contribution in [2.24, 2.45) is 12.8 Å². The Morgan fingerprint density at radius 2 is 1.70 bits per heavy atom. The van der Waals surface area contributed by atoms with Gasteiger partial charge < -0.3 is 16.2 Å². The minimum Gasteiger partial charge on any atom is -0.491 e. The first-order valence-electron chi connectivity index (χ1n) is 14.9. The number of primary amides is 1. The number of benzene rings is 3. The van der Waals surface area contributed by atoms with E-state index in [1.54, 1.807) is 15.4 Å². The number of hydrogen-bond acceptors (Lipinski definition) is 8. The molecular weight excluding hydrogens is 592 g/mol. The van der Waals surface area contributed by atoms with Gasteiger partial charge in [0.2, 0.25) is 0 Å². The monoisotopic (exact) mass is 626 g/mol. The zero-order valence-corrected chi connectivity index (χ0v) is 26.5. The maximum atomic E-state index is 13.4. The SMILES string of the molecule is CC(C)Oc1ccc(-c2cnc(N)c(C(N)=O)n2)cc1.CCc1nc2cccc(C#Cc3cnn(C)c3)c2c(=O)n1-c1ccccc1. The van der Waals surface area contributed by atoms with Crippen LogP contribution in [0.2, 0.25) is 0 Å². The molecule has 4 N–H and O–H groups in total. The van der Waals surface area contributed by atoms with Crippen LogP contribution >= 0.6 is 0 Å². The average molecular weight is 627 g/mol. The van der Waals surface area contributed by atoms with Gasteiger partial charge in [-0.25, -0.2) is 15.0 Å². The Hall–Kier alpha value is -6.28. The molecule has 0 unspecified atom stereocenters. The van der Waals surface area contributed by atoms with Gasteiger partial charge in [-0.2, -0.15) is 5.10 Å². The summed E-state index contributed by atoms with van der Waals surface area (Å²) in [5.41, 5.74) is 14.9. The molecule has 236 valence electrons. The van der Waals surface area contributed by atoms with Gasteiger partial charge in [0.05, 0.1) is 46.3 Å². The average Bonchev–Trinajstić information content (AvgIpc) is 3.49. The molecule has 0 saturated carbocycles. The summed E-state index contributed by atoms with van der Waals surface area (Å²) in [5.74, 6) is 7.03. The molecule has 3 aromatic carbocycles. The number of nitrogens with two attached hydrogens (primary N) is 2. The van der Waals surface area contributed by atoms with Crippen molar-refractivity contribution in [2.75, 3.05) is 5.73 Å². The van der Waals surface area contributed by atoms with Gasteiger partial charge >= 0.3 is 0 Å². The van der Waals surface area contributed by atoms with Gasteiger partial charge in [-0.3, -0.25) is 18.8 Å². The molecule has 6 aromatic rings. The second-order valence-corrected chi connectivity index (χ2v) is 10.8. The molecule has 11 heteroatoms. The molecule has 0 aliphatic carbocycles. The van der Waals surface area contributed by atoms with Crippen molar-refractivity contribution in [3.63, 3.8) is 0 Å². The zero-order valence-electron chi connectivity index (χ0n) is 26.5. The first-order valence-corrected chi connectivity index (χ1v) is 14.9. The Kier molecular flexibility index (Phi) is 9.72. The van der Waals surface area contributed by atoms with Crippen LogP contribution in [0.5, 0.6) is 5.75 Å². The van der Waals surface area contributed by atoms with Crippen LogP contribution in [0.3, 0.4) is 0 Å². The highest BCUT2D eigenvalue weighted by molar-refractivity contribution is 5.95. The lowest BCUT2D eigenvalue weighted by Gasteiger charge is -2.13. The Balaban J connectivity index is 0.000000194. The minimum absolute atomic E-state index is 0.0231. The lowest BCUT2D eigenvalue weighted by molar-refractivity contribution is 0.0996. The number of anilines is 1. The van der Waals surface area contributed by atoms with Crippen molar-refractivity contribution < 1.29 is 9.53 Å². The Bertz CT molecular complexity index is 2160. The third-order valence-electron chi connectivity index (χ3n) is 6.90. The van der Waals surface area contributed by atoms with Crippen LogP contribution in [-0.4, -0.2) is 41.3 Å². The zero-order chi connectivity index (χ0) is 33.5. The highest BCUT2D eigenvalue weighted by Crippen LogP contribution is 2.22. The van der Waals surface area contributed by atoms with Crippen molar-refractivity contribution >= 4 is 22.6 Å². The molecule has 0 fully saturated rings. The summed E-state index contributed by atoms with van der Waals surface area (Å²) < 4.78 is 8.93. The van der Waals surface area contributed by atoms with Crippen LogP contribution < -0.4 is 21.8 Å². The Labute approximate surface area is 271 Å². The fourth-order valence-electron chi connectivity index (χ4n) is 4.78. The van der Waals surface area contributed by atoms with E-state index in [4.69, 9.17) is 21.2 Å². The number of amides is 1. The third kappa shape index (κ3) is 7.51. The van der Waals surface area contributed by atoms with Gasteiger partial charge in [0, 0.05) is 30.8 Å². The third-order valence-corrected chi connectivity index (χ3v) is 6.90.